The van der Waals surface area contributed by atoms with Gasteiger partial charge in [0.15, 0.2) is 35.2 Å². The molecule has 1 saturated carbocycles. The van der Waals surface area contributed by atoms with Gasteiger partial charge < -0.3 is 44.8 Å². The SMILES string of the molecule is COC(=O)[C@@]1(O)CC[C@@H](O)[C@H](OC(=O)/C=C/c2ccc(O)c(O)c2)[C@@H]1OC(=O)/C=C/c1ccc(O)c(O)c1. The minimum absolute atomic E-state index is 0.199. The van der Waals surface area contributed by atoms with E-state index in [2.05, 4.69) is 4.74 Å². The van der Waals surface area contributed by atoms with Crippen molar-refractivity contribution in [3.63, 3.8) is 0 Å². The topological polar surface area (TPSA) is 200 Å². The Bertz CT molecular complexity index is 1270. The zero-order chi connectivity index (χ0) is 28.0. The molecule has 38 heavy (non-hydrogen) atoms. The second-order valence-electron chi connectivity index (χ2n) is 8.44. The minimum Gasteiger partial charge on any atom is -0.504 e. The molecule has 1 aliphatic rings. The number of aliphatic hydroxyl groups excluding tert-OH is 1. The predicted molar refractivity (Wildman–Crippen MR) is 130 cm³/mol. The Balaban J connectivity index is 1.82. The molecule has 0 aliphatic heterocycles. The lowest BCUT2D eigenvalue weighted by atomic mass is 9.78. The number of methoxy groups -OCH3 is 1. The van der Waals surface area contributed by atoms with Crippen molar-refractivity contribution >= 4 is 30.1 Å². The number of carbonyl (C=O) groups excluding carboxylic acids is 3. The van der Waals surface area contributed by atoms with Gasteiger partial charge in [-0.05, 0) is 60.4 Å². The number of rotatable bonds is 7. The van der Waals surface area contributed by atoms with Gasteiger partial charge in [0.25, 0.3) is 0 Å². The highest BCUT2D eigenvalue weighted by Crippen LogP contribution is 2.35. The molecule has 2 aromatic carbocycles. The van der Waals surface area contributed by atoms with Crippen LogP contribution in [0.3, 0.4) is 0 Å². The van der Waals surface area contributed by atoms with E-state index in [1.54, 1.807) is 0 Å². The molecule has 12 heteroatoms. The monoisotopic (exact) mass is 530 g/mol. The van der Waals surface area contributed by atoms with Gasteiger partial charge in [-0.2, -0.15) is 0 Å². The van der Waals surface area contributed by atoms with Crippen molar-refractivity contribution in [1.82, 2.24) is 0 Å². The molecule has 0 bridgehead atoms. The van der Waals surface area contributed by atoms with Gasteiger partial charge in [0.2, 0.25) is 5.60 Å². The van der Waals surface area contributed by atoms with Gasteiger partial charge in [-0.3, -0.25) is 0 Å². The third-order valence-corrected chi connectivity index (χ3v) is 5.83. The average molecular weight is 530 g/mol. The molecule has 1 fully saturated rings. The van der Waals surface area contributed by atoms with E-state index < -0.39 is 53.3 Å². The Labute approximate surface area is 216 Å². The van der Waals surface area contributed by atoms with Crippen molar-refractivity contribution in [2.75, 3.05) is 7.11 Å². The quantitative estimate of drug-likeness (QED) is 0.129. The number of hydrogen-bond acceptors (Lipinski definition) is 12. The first-order chi connectivity index (χ1) is 17.9. The summed E-state index contributed by atoms with van der Waals surface area (Å²) < 4.78 is 15.2. The van der Waals surface area contributed by atoms with Crippen LogP contribution in [0, 0.1) is 0 Å². The van der Waals surface area contributed by atoms with E-state index in [4.69, 9.17) is 9.47 Å². The molecule has 0 spiro atoms. The molecular formula is C26H26O12. The van der Waals surface area contributed by atoms with Crippen LogP contribution < -0.4 is 0 Å². The van der Waals surface area contributed by atoms with E-state index in [-0.39, 0.29) is 24.3 Å². The van der Waals surface area contributed by atoms with Crippen molar-refractivity contribution in [2.24, 2.45) is 0 Å². The fourth-order valence-electron chi connectivity index (χ4n) is 3.80. The Morgan fingerprint density at radius 1 is 0.842 bits per heavy atom. The number of ether oxygens (including phenoxy) is 3. The van der Waals surface area contributed by atoms with Crippen molar-refractivity contribution in [1.29, 1.82) is 0 Å². The maximum Gasteiger partial charge on any atom is 0.341 e. The van der Waals surface area contributed by atoms with Crippen LogP contribution in [-0.4, -0.2) is 79.6 Å². The number of phenolic OH excluding ortho intramolecular Hbond substituents is 4. The van der Waals surface area contributed by atoms with Crippen molar-refractivity contribution in [3.05, 3.63) is 59.7 Å². The number of aromatic hydroxyl groups is 4. The van der Waals surface area contributed by atoms with E-state index in [1.807, 2.05) is 0 Å². The highest BCUT2D eigenvalue weighted by atomic mass is 16.6. The summed E-state index contributed by atoms with van der Waals surface area (Å²) in [7, 11) is 0.998. The zero-order valence-corrected chi connectivity index (χ0v) is 20.1. The molecular weight excluding hydrogens is 504 g/mol. The number of carbonyl (C=O) groups is 3. The minimum atomic E-state index is -2.45. The third kappa shape index (κ3) is 6.41. The third-order valence-electron chi connectivity index (χ3n) is 5.83. The van der Waals surface area contributed by atoms with E-state index in [0.717, 1.165) is 19.3 Å². The van der Waals surface area contributed by atoms with Crippen LogP contribution in [0.4, 0.5) is 0 Å². The Morgan fingerprint density at radius 2 is 1.34 bits per heavy atom. The van der Waals surface area contributed by atoms with Gasteiger partial charge in [0, 0.05) is 12.2 Å². The lowest BCUT2D eigenvalue weighted by Gasteiger charge is -2.42. The van der Waals surface area contributed by atoms with Crippen LogP contribution >= 0.6 is 0 Å². The first kappa shape index (κ1) is 28.0. The lowest BCUT2D eigenvalue weighted by Crippen LogP contribution is -2.64. The van der Waals surface area contributed by atoms with Gasteiger partial charge >= 0.3 is 17.9 Å². The summed E-state index contributed by atoms with van der Waals surface area (Å²) in [5, 5.41) is 59.5. The van der Waals surface area contributed by atoms with Crippen LogP contribution in [0.15, 0.2) is 48.6 Å². The number of hydrogen-bond donors (Lipinski definition) is 6. The molecule has 6 N–H and O–H groups in total. The molecule has 2 aromatic rings. The zero-order valence-electron chi connectivity index (χ0n) is 20.1. The summed E-state index contributed by atoms with van der Waals surface area (Å²) in [5.41, 5.74) is -1.83. The first-order valence-corrected chi connectivity index (χ1v) is 11.2. The normalized spacial score (nSPS) is 23.3. The van der Waals surface area contributed by atoms with Gasteiger partial charge in [-0.25, -0.2) is 14.4 Å². The molecule has 0 unspecified atom stereocenters. The maximum atomic E-state index is 12.6. The molecule has 12 nitrogen and oxygen atoms in total. The van der Waals surface area contributed by atoms with Crippen molar-refractivity contribution in [2.45, 2.75) is 36.8 Å². The molecule has 4 atom stereocenters. The van der Waals surface area contributed by atoms with Crippen LogP contribution in [0.25, 0.3) is 12.2 Å². The molecule has 0 radical (unpaired) electrons. The van der Waals surface area contributed by atoms with E-state index in [1.165, 1.54) is 48.6 Å². The second-order valence-corrected chi connectivity index (χ2v) is 8.44. The van der Waals surface area contributed by atoms with E-state index in [9.17, 15) is 45.0 Å². The summed E-state index contributed by atoms with van der Waals surface area (Å²) >= 11 is 0. The molecule has 0 amide bonds. The highest BCUT2D eigenvalue weighted by molar-refractivity contribution is 5.89. The number of benzene rings is 2. The highest BCUT2D eigenvalue weighted by Gasteiger charge is 2.57. The molecule has 0 heterocycles. The average Bonchev–Trinajstić information content (AvgIpc) is 2.89. The predicted octanol–water partition coefficient (Wildman–Crippen LogP) is 1.12. The van der Waals surface area contributed by atoms with E-state index >= 15 is 0 Å². The smallest absolute Gasteiger partial charge is 0.341 e. The largest absolute Gasteiger partial charge is 0.504 e. The van der Waals surface area contributed by atoms with Gasteiger partial charge in [-0.1, -0.05) is 12.1 Å². The molecule has 0 aromatic heterocycles. The number of esters is 3. The Hall–Kier alpha value is -4.55. The molecule has 3 rings (SSSR count). The van der Waals surface area contributed by atoms with Crippen LogP contribution in [0.1, 0.15) is 24.0 Å². The Morgan fingerprint density at radius 3 is 1.82 bits per heavy atom. The molecule has 0 saturated heterocycles. The van der Waals surface area contributed by atoms with Gasteiger partial charge in [0.1, 0.15) is 0 Å². The van der Waals surface area contributed by atoms with Crippen molar-refractivity contribution < 1.29 is 59.2 Å². The lowest BCUT2D eigenvalue weighted by molar-refractivity contribution is -0.224. The Kier molecular flexibility index (Phi) is 8.61. The van der Waals surface area contributed by atoms with Gasteiger partial charge in [-0.15, -0.1) is 0 Å². The second kappa shape index (κ2) is 11.7. The fraction of sp³-hybridized carbons (Fsp3) is 0.269. The molecule has 1 aliphatic carbocycles. The van der Waals surface area contributed by atoms with Crippen LogP contribution in [0.2, 0.25) is 0 Å². The number of phenols is 4. The maximum absolute atomic E-state index is 12.6. The summed E-state index contributed by atoms with van der Waals surface area (Å²) in [6.07, 6.45) is -1.24. The number of aliphatic hydroxyl groups is 2. The summed E-state index contributed by atoms with van der Waals surface area (Å²) in [4.78, 5) is 37.5. The fourth-order valence-corrected chi connectivity index (χ4v) is 3.80. The summed E-state index contributed by atoms with van der Waals surface area (Å²) in [5.74, 6) is -4.89. The summed E-state index contributed by atoms with van der Waals surface area (Å²) in [6.45, 7) is 0. The van der Waals surface area contributed by atoms with Crippen molar-refractivity contribution in [3.8, 4) is 23.0 Å². The molecule has 202 valence electrons. The summed E-state index contributed by atoms with van der Waals surface area (Å²) in [6, 6.07) is 7.52. The standard InChI is InChI=1S/C26H26O12/c1-36-25(34)26(35)11-10-18(29)23(37-21(32)8-4-14-2-6-16(27)19(30)12-14)24(26)38-22(33)9-5-15-3-7-17(28)20(31)13-15/h2-9,12-13,18,23-24,27-31,35H,10-11H2,1H3/b8-4+,9-5+/t18-,23+,24+,26-/m1/s1. The van der Waals surface area contributed by atoms with E-state index in [0.29, 0.717) is 11.1 Å². The van der Waals surface area contributed by atoms with Gasteiger partial charge in [0.05, 0.1) is 13.2 Å². The first-order valence-electron chi connectivity index (χ1n) is 11.2. The van der Waals surface area contributed by atoms with Crippen LogP contribution in [0.5, 0.6) is 23.0 Å². The van der Waals surface area contributed by atoms with Crippen LogP contribution in [-0.2, 0) is 28.6 Å².